The molecule has 144 valence electrons. The van der Waals surface area contributed by atoms with E-state index in [0.29, 0.717) is 19.6 Å². The van der Waals surface area contributed by atoms with Crippen molar-refractivity contribution >= 4 is 22.6 Å². The topological polar surface area (TPSA) is 56.4 Å². The van der Waals surface area contributed by atoms with Gasteiger partial charge in [-0.3, -0.25) is 14.5 Å². The summed E-state index contributed by atoms with van der Waals surface area (Å²) < 4.78 is 0. The molecule has 2 aromatic carbocycles. The van der Waals surface area contributed by atoms with Crippen LogP contribution in [0.3, 0.4) is 0 Å². The highest BCUT2D eigenvalue weighted by Crippen LogP contribution is 2.22. The van der Waals surface area contributed by atoms with E-state index in [2.05, 4.69) is 9.88 Å². The zero-order chi connectivity index (χ0) is 19.5. The maximum atomic E-state index is 13.0. The number of hydrogen-bond donors (Lipinski definition) is 1. The summed E-state index contributed by atoms with van der Waals surface area (Å²) in [6.07, 6.45) is 0.874. The summed E-state index contributed by atoms with van der Waals surface area (Å²) in [5, 5.41) is 0.987. The largest absolute Gasteiger partial charge is 0.358 e. The first kappa shape index (κ1) is 18.4. The van der Waals surface area contributed by atoms with Gasteiger partial charge in [-0.15, -0.1) is 0 Å². The van der Waals surface area contributed by atoms with E-state index in [1.165, 1.54) is 0 Å². The maximum absolute atomic E-state index is 13.0. The molecule has 5 heteroatoms. The second kappa shape index (κ2) is 7.98. The highest BCUT2D eigenvalue weighted by Gasteiger charge is 2.23. The molecule has 0 spiro atoms. The molecule has 1 fully saturated rings. The molecule has 0 atom stereocenters. The molecule has 0 aliphatic carbocycles. The first-order valence-electron chi connectivity index (χ1n) is 9.80. The average molecular weight is 375 g/mol. The van der Waals surface area contributed by atoms with Gasteiger partial charge in [0, 0.05) is 53.9 Å². The number of carbonyl (C=O) groups excluding carboxylic acids is 2. The van der Waals surface area contributed by atoms with Crippen LogP contribution in [0.5, 0.6) is 0 Å². The Bertz CT molecular complexity index is 994. The van der Waals surface area contributed by atoms with Crippen molar-refractivity contribution in [2.45, 2.75) is 13.3 Å². The van der Waals surface area contributed by atoms with Gasteiger partial charge in [0.25, 0.3) is 5.91 Å². The quantitative estimate of drug-likeness (QED) is 0.710. The first-order valence-corrected chi connectivity index (χ1v) is 9.80. The summed E-state index contributed by atoms with van der Waals surface area (Å²) in [6.45, 7) is 5.25. The van der Waals surface area contributed by atoms with Crippen molar-refractivity contribution in [2.24, 2.45) is 0 Å². The number of H-pyrrole nitrogens is 1. The van der Waals surface area contributed by atoms with Crippen molar-refractivity contribution in [3.05, 3.63) is 71.4 Å². The van der Waals surface area contributed by atoms with Gasteiger partial charge in [-0.25, -0.2) is 0 Å². The molecule has 1 aliphatic heterocycles. The molecule has 0 unspecified atom stereocenters. The summed E-state index contributed by atoms with van der Waals surface area (Å²) >= 11 is 0. The Labute approximate surface area is 165 Å². The molecule has 0 bridgehead atoms. The lowest BCUT2D eigenvalue weighted by molar-refractivity contribution is 0.0761. The molecule has 0 radical (unpaired) electrons. The van der Waals surface area contributed by atoms with Gasteiger partial charge in [0.2, 0.25) is 0 Å². The number of aromatic amines is 1. The second-order valence-corrected chi connectivity index (χ2v) is 7.38. The molecule has 3 aromatic rings. The molecule has 1 aliphatic rings. The SMILES string of the molecule is Cc1[nH]c2ccccc2c1C(=O)CN1CCCN(C(=O)c2ccccc2)CC1. The molecule has 0 saturated carbocycles. The van der Waals surface area contributed by atoms with Crippen LogP contribution in [0.4, 0.5) is 0 Å². The van der Waals surface area contributed by atoms with Crippen LogP contribution in [-0.2, 0) is 0 Å². The third-order valence-electron chi connectivity index (χ3n) is 5.44. The van der Waals surface area contributed by atoms with E-state index < -0.39 is 0 Å². The third-order valence-corrected chi connectivity index (χ3v) is 5.44. The summed E-state index contributed by atoms with van der Waals surface area (Å²) in [5.74, 6) is 0.207. The highest BCUT2D eigenvalue weighted by molar-refractivity contribution is 6.10. The average Bonchev–Trinajstić information content (AvgIpc) is 2.88. The van der Waals surface area contributed by atoms with Crippen molar-refractivity contribution in [1.29, 1.82) is 0 Å². The van der Waals surface area contributed by atoms with Crippen LogP contribution < -0.4 is 0 Å². The zero-order valence-electron chi connectivity index (χ0n) is 16.1. The van der Waals surface area contributed by atoms with Crippen molar-refractivity contribution in [1.82, 2.24) is 14.8 Å². The van der Waals surface area contributed by atoms with Gasteiger partial charge in [0.1, 0.15) is 0 Å². The van der Waals surface area contributed by atoms with Gasteiger partial charge in [0.15, 0.2) is 5.78 Å². The van der Waals surface area contributed by atoms with E-state index in [1.807, 2.05) is 66.4 Å². The van der Waals surface area contributed by atoms with Crippen molar-refractivity contribution in [3.8, 4) is 0 Å². The van der Waals surface area contributed by atoms with Crippen molar-refractivity contribution < 1.29 is 9.59 Å². The molecular formula is C23H25N3O2. The minimum atomic E-state index is 0.0706. The van der Waals surface area contributed by atoms with Crippen LogP contribution in [0.25, 0.3) is 10.9 Å². The summed E-state index contributed by atoms with van der Waals surface area (Å²) in [6, 6.07) is 17.3. The Morgan fingerprint density at radius 2 is 1.68 bits per heavy atom. The second-order valence-electron chi connectivity index (χ2n) is 7.38. The van der Waals surface area contributed by atoms with E-state index in [0.717, 1.165) is 47.2 Å². The molecule has 28 heavy (non-hydrogen) atoms. The Morgan fingerprint density at radius 3 is 2.50 bits per heavy atom. The predicted molar refractivity (Wildman–Crippen MR) is 111 cm³/mol. The van der Waals surface area contributed by atoms with Crippen LogP contribution >= 0.6 is 0 Å². The maximum Gasteiger partial charge on any atom is 0.253 e. The number of ketones is 1. The van der Waals surface area contributed by atoms with Crippen molar-refractivity contribution in [3.63, 3.8) is 0 Å². The van der Waals surface area contributed by atoms with E-state index >= 15 is 0 Å². The number of hydrogen-bond acceptors (Lipinski definition) is 3. The molecule has 5 nitrogen and oxygen atoms in total. The summed E-state index contributed by atoms with van der Waals surface area (Å²) in [4.78, 5) is 33.1. The zero-order valence-corrected chi connectivity index (χ0v) is 16.1. The standard InChI is InChI=1S/C23H25N3O2/c1-17-22(19-10-5-6-11-20(19)24-17)21(27)16-25-12-7-13-26(15-14-25)23(28)18-8-3-2-4-9-18/h2-6,8-11,24H,7,12-16H2,1H3. The van der Waals surface area contributed by atoms with E-state index in [9.17, 15) is 9.59 Å². The van der Waals surface area contributed by atoms with Crippen LogP contribution in [0.15, 0.2) is 54.6 Å². The predicted octanol–water partition coefficient (Wildman–Crippen LogP) is 3.51. The van der Waals surface area contributed by atoms with Crippen LogP contribution in [0, 0.1) is 6.92 Å². The van der Waals surface area contributed by atoms with Crippen molar-refractivity contribution in [2.75, 3.05) is 32.7 Å². The number of nitrogens with zero attached hydrogens (tertiary/aromatic N) is 2. The Hall–Kier alpha value is -2.92. The summed E-state index contributed by atoms with van der Waals surface area (Å²) in [5.41, 5.74) is 3.43. The molecule has 1 saturated heterocycles. The monoisotopic (exact) mass is 375 g/mol. The number of rotatable bonds is 4. The Kier molecular flexibility index (Phi) is 5.26. The lowest BCUT2D eigenvalue weighted by Crippen LogP contribution is -2.36. The number of aryl methyl sites for hydroxylation is 1. The molecule has 1 N–H and O–H groups in total. The van der Waals surface area contributed by atoms with Gasteiger partial charge in [0.05, 0.1) is 6.54 Å². The Balaban J connectivity index is 1.43. The lowest BCUT2D eigenvalue weighted by atomic mass is 10.1. The normalized spacial score (nSPS) is 15.5. The number of para-hydroxylation sites is 1. The lowest BCUT2D eigenvalue weighted by Gasteiger charge is -2.21. The fourth-order valence-electron chi connectivity index (χ4n) is 4.01. The van der Waals surface area contributed by atoms with Crippen LogP contribution in [-0.4, -0.2) is 59.2 Å². The minimum Gasteiger partial charge on any atom is -0.358 e. The van der Waals surface area contributed by atoms with Gasteiger partial charge in [-0.1, -0.05) is 36.4 Å². The number of aromatic nitrogens is 1. The third kappa shape index (κ3) is 3.71. The number of nitrogens with one attached hydrogen (secondary N) is 1. The fourth-order valence-corrected chi connectivity index (χ4v) is 4.01. The fraction of sp³-hybridized carbons (Fsp3) is 0.304. The van der Waals surface area contributed by atoms with Crippen LogP contribution in [0.2, 0.25) is 0 Å². The number of benzene rings is 2. The van der Waals surface area contributed by atoms with Crippen LogP contribution in [0.1, 0.15) is 32.8 Å². The number of fused-ring (bicyclic) bond motifs is 1. The van der Waals surface area contributed by atoms with Gasteiger partial charge < -0.3 is 9.88 Å². The molecule has 1 amide bonds. The molecular weight excluding hydrogens is 350 g/mol. The van der Waals surface area contributed by atoms with Gasteiger partial charge in [-0.2, -0.15) is 0 Å². The number of carbonyl (C=O) groups is 2. The molecule has 1 aromatic heterocycles. The van der Waals surface area contributed by atoms with E-state index in [4.69, 9.17) is 0 Å². The summed E-state index contributed by atoms with van der Waals surface area (Å²) in [7, 11) is 0. The highest BCUT2D eigenvalue weighted by atomic mass is 16.2. The molecule has 4 rings (SSSR count). The Morgan fingerprint density at radius 1 is 0.929 bits per heavy atom. The number of Topliss-reactive ketones (excluding diaryl/α,β-unsaturated/α-hetero) is 1. The number of amides is 1. The van der Waals surface area contributed by atoms with E-state index in [-0.39, 0.29) is 11.7 Å². The minimum absolute atomic E-state index is 0.0706. The van der Waals surface area contributed by atoms with E-state index in [1.54, 1.807) is 0 Å². The van der Waals surface area contributed by atoms with Gasteiger partial charge >= 0.3 is 0 Å². The van der Waals surface area contributed by atoms with Gasteiger partial charge in [-0.05, 0) is 31.5 Å². The first-order chi connectivity index (χ1) is 13.6. The smallest absolute Gasteiger partial charge is 0.253 e. The molecule has 2 heterocycles.